The summed E-state index contributed by atoms with van der Waals surface area (Å²) >= 11 is 0. The minimum absolute atomic E-state index is 0.0622. The van der Waals surface area contributed by atoms with Gasteiger partial charge in [0.05, 0.1) is 6.04 Å². The third-order valence-electron chi connectivity index (χ3n) is 4.35. The second-order valence-electron chi connectivity index (χ2n) is 6.56. The van der Waals surface area contributed by atoms with Crippen LogP contribution in [0.15, 0.2) is 48.5 Å². The van der Waals surface area contributed by atoms with Crippen LogP contribution >= 0.6 is 0 Å². The molecule has 0 spiro atoms. The Morgan fingerprint density at radius 2 is 1.78 bits per heavy atom. The highest BCUT2D eigenvalue weighted by Gasteiger charge is 2.31. The zero-order chi connectivity index (χ0) is 16.4. The van der Waals surface area contributed by atoms with E-state index in [0.29, 0.717) is 5.56 Å². The molecule has 0 aliphatic heterocycles. The summed E-state index contributed by atoms with van der Waals surface area (Å²) in [6, 6.07) is 14.7. The molecule has 120 valence electrons. The van der Waals surface area contributed by atoms with E-state index in [1.807, 2.05) is 56.3 Å². The monoisotopic (exact) mass is 311 g/mol. The highest BCUT2D eigenvalue weighted by Crippen LogP contribution is 2.32. The van der Waals surface area contributed by atoms with Gasteiger partial charge in [-0.2, -0.15) is 0 Å². The van der Waals surface area contributed by atoms with E-state index < -0.39 is 0 Å². The molecule has 1 N–H and O–H groups in total. The van der Waals surface area contributed by atoms with E-state index in [2.05, 4.69) is 5.32 Å². The van der Waals surface area contributed by atoms with Crippen LogP contribution in [-0.2, 0) is 4.79 Å². The average molecular weight is 311 g/mol. The molecule has 0 saturated heterocycles. The SMILES string of the molecule is CC(C)c1ccc([C@@H](NC(=O)C2CC2)c2ccccc2)cc1F. The Kier molecular flexibility index (Phi) is 4.46. The summed E-state index contributed by atoms with van der Waals surface area (Å²) in [6.07, 6.45) is 1.90. The predicted octanol–water partition coefficient (Wildman–Crippen LogP) is 4.56. The summed E-state index contributed by atoms with van der Waals surface area (Å²) in [5.74, 6) is 0.118. The van der Waals surface area contributed by atoms with Gasteiger partial charge in [0.2, 0.25) is 5.91 Å². The Morgan fingerprint density at radius 3 is 2.35 bits per heavy atom. The summed E-state index contributed by atoms with van der Waals surface area (Å²) in [7, 11) is 0. The molecular weight excluding hydrogens is 289 g/mol. The molecule has 3 heteroatoms. The molecule has 2 aromatic carbocycles. The maximum Gasteiger partial charge on any atom is 0.223 e. The molecule has 0 radical (unpaired) electrons. The second kappa shape index (κ2) is 6.53. The van der Waals surface area contributed by atoms with Crippen LogP contribution in [0.2, 0.25) is 0 Å². The van der Waals surface area contributed by atoms with Gasteiger partial charge in [-0.25, -0.2) is 4.39 Å². The van der Waals surface area contributed by atoms with Gasteiger partial charge >= 0.3 is 0 Å². The van der Waals surface area contributed by atoms with E-state index in [1.165, 1.54) is 0 Å². The van der Waals surface area contributed by atoms with Gasteiger partial charge in [0.1, 0.15) is 5.82 Å². The Bertz CT molecular complexity index is 692. The smallest absolute Gasteiger partial charge is 0.223 e. The third kappa shape index (κ3) is 3.61. The molecule has 3 rings (SSSR count). The van der Waals surface area contributed by atoms with Crippen molar-refractivity contribution in [2.75, 3.05) is 0 Å². The lowest BCUT2D eigenvalue weighted by Gasteiger charge is -2.21. The fourth-order valence-electron chi connectivity index (χ4n) is 2.80. The van der Waals surface area contributed by atoms with E-state index in [1.54, 1.807) is 6.07 Å². The van der Waals surface area contributed by atoms with Gasteiger partial charge in [-0.3, -0.25) is 4.79 Å². The number of amides is 1. The maximum atomic E-state index is 14.4. The molecule has 2 aromatic rings. The topological polar surface area (TPSA) is 29.1 Å². The Balaban J connectivity index is 1.94. The number of carbonyl (C=O) groups is 1. The Hall–Kier alpha value is -2.16. The minimum atomic E-state index is -0.306. The van der Waals surface area contributed by atoms with Gasteiger partial charge in [-0.15, -0.1) is 0 Å². The van der Waals surface area contributed by atoms with Gasteiger partial charge in [-0.05, 0) is 41.5 Å². The first kappa shape index (κ1) is 15.7. The number of rotatable bonds is 5. The van der Waals surface area contributed by atoms with E-state index in [0.717, 1.165) is 24.0 Å². The number of benzene rings is 2. The van der Waals surface area contributed by atoms with E-state index >= 15 is 0 Å². The molecule has 1 amide bonds. The molecule has 1 atom stereocenters. The molecule has 1 fully saturated rings. The van der Waals surface area contributed by atoms with Crippen molar-refractivity contribution in [1.82, 2.24) is 5.32 Å². The maximum absolute atomic E-state index is 14.4. The van der Waals surface area contributed by atoms with Crippen molar-refractivity contribution >= 4 is 5.91 Å². The molecule has 23 heavy (non-hydrogen) atoms. The molecule has 1 aliphatic rings. The van der Waals surface area contributed by atoms with Crippen molar-refractivity contribution in [1.29, 1.82) is 0 Å². The van der Waals surface area contributed by atoms with Crippen LogP contribution in [-0.4, -0.2) is 5.91 Å². The summed E-state index contributed by atoms with van der Waals surface area (Å²) in [4.78, 5) is 12.2. The summed E-state index contributed by atoms with van der Waals surface area (Å²) < 4.78 is 14.4. The number of carbonyl (C=O) groups excluding carboxylic acids is 1. The minimum Gasteiger partial charge on any atom is -0.345 e. The van der Waals surface area contributed by atoms with Crippen molar-refractivity contribution in [2.45, 2.75) is 38.6 Å². The lowest BCUT2D eigenvalue weighted by Crippen LogP contribution is -2.30. The van der Waals surface area contributed by atoms with Gasteiger partial charge in [0.15, 0.2) is 0 Å². The standard InChI is InChI=1S/C20H22FNO/c1-13(2)17-11-10-16(12-18(17)21)19(14-6-4-3-5-7-14)22-20(23)15-8-9-15/h3-7,10-13,15,19H,8-9H2,1-2H3,(H,22,23)/t19-/m0/s1. The molecule has 0 aromatic heterocycles. The van der Waals surface area contributed by atoms with Crippen LogP contribution in [0.4, 0.5) is 4.39 Å². The number of hydrogen-bond donors (Lipinski definition) is 1. The van der Waals surface area contributed by atoms with Crippen LogP contribution in [0.5, 0.6) is 0 Å². The molecule has 0 heterocycles. The lowest BCUT2D eigenvalue weighted by atomic mass is 9.94. The fraction of sp³-hybridized carbons (Fsp3) is 0.350. The largest absolute Gasteiger partial charge is 0.345 e. The normalized spacial score (nSPS) is 15.5. The fourth-order valence-corrected chi connectivity index (χ4v) is 2.80. The van der Waals surface area contributed by atoms with E-state index in [-0.39, 0.29) is 29.6 Å². The van der Waals surface area contributed by atoms with Crippen molar-refractivity contribution in [3.63, 3.8) is 0 Å². The summed E-state index contributed by atoms with van der Waals surface area (Å²) in [5, 5.41) is 3.08. The highest BCUT2D eigenvalue weighted by atomic mass is 19.1. The van der Waals surface area contributed by atoms with Crippen molar-refractivity contribution in [3.8, 4) is 0 Å². The van der Waals surface area contributed by atoms with E-state index in [9.17, 15) is 9.18 Å². The number of nitrogens with one attached hydrogen (secondary N) is 1. The first-order chi connectivity index (χ1) is 11.1. The van der Waals surface area contributed by atoms with Gasteiger partial charge < -0.3 is 5.32 Å². The Labute approximate surface area is 136 Å². The number of hydrogen-bond acceptors (Lipinski definition) is 1. The lowest BCUT2D eigenvalue weighted by molar-refractivity contribution is -0.122. The van der Waals surface area contributed by atoms with Crippen molar-refractivity contribution in [2.24, 2.45) is 5.92 Å². The summed E-state index contributed by atoms with van der Waals surface area (Å²) in [5.41, 5.74) is 2.46. The summed E-state index contributed by atoms with van der Waals surface area (Å²) in [6.45, 7) is 3.95. The van der Waals surface area contributed by atoms with Crippen LogP contribution in [0.25, 0.3) is 0 Å². The first-order valence-electron chi connectivity index (χ1n) is 8.21. The molecule has 1 saturated carbocycles. The highest BCUT2D eigenvalue weighted by molar-refractivity contribution is 5.81. The zero-order valence-corrected chi connectivity index (χ0v) is 13.6. The molecule has 2 nitrogen and oxygen atoms in total. The van der Waals surface area contributed by atoms with Crippen LogP contribution in [0, 0.1) is 11.7 Å². The Morgan fingerprint density at radius 1 is 1.09 bits per heavy atom. The molecule has 1 aliphatic carbocycles. The van der Waals surface area contributed by atoms with Crippen molar-refractivity contribution in [3.05, 3.63) is 71.0 Å². The number of halogens is 1. The second-order valence-corrected chi connectivity index (χ2v) is 6.56. The van der Waals surface area contributed by atoms with Gasteiger partial charge in [-0.1, -0.05) is 56.3 Å². The molecular formula is C20H22FNO. The van der Waals surface area contributed by atoms with Crippen LogP contribution in [0.1, 0.15) is 55.3 Å². The molecule has 0 bridgehead atoms. The van der Waals surface area contributed by atoms with Crippen LogP contribution in [0.3, 0.4) is 0 Å². The zero-order valence-electron chi connectivity index (χ0n) is 13.6. The third-order valence-corrected chi connectivity index (χ3v) is 4.35. The van der Waals surface area contributed by atoms with E-state index in [4.69, 9.17) is 0 Å². The van der Waals surface area contributed by atoms with Gasteiger partial charge in [0.25, 0.3) is 0 Å². The predicted molar refractivity (Wildman–Crippen MR) is 89.6 cm³/mol. The average Bonchev–Trinajstić information content (AvgIpc) is 3.37. The quantitative estimate of drug-likeness (QED) is 0.861. The van der Waals surface area contributed by atoms with Crippen molar-refractivity contribution < 1.29 is 9.18 Å². The van der Waals surface area contributed by atoms with Crippen LogP contribution < -0.4 is 5.32 Å². The van der Waals surface area contributed by atoms with Gasteiger partial charge in [0, 0.05) is 5.92 Å². The first-order valence-corrected chi connectivity index (χ1v) is 8.21. The molecule has 0 unspecified atom stereocenters.